The van der Waals surface area contributed by atoms with Gasteiger partial charge >= 0.3 is 6.03 Å². The first-order chi connectivity index (χ1) is 17.4. The molecule has 1 fully saturated rings. The van der Waals surface area contributed by atoms with Crippen LogP contribution < -0.4 is 15.0 Å². The van der Waals surface area contributed by atoms with Gasteiger partial charge in [-0.25, -0.2) is 9.69 Å². The molecule has 6 nitrogen and oxygen atoms in total. The molecule has 1 N–H and O–H groups in total. The molecule has 0 unspecified atom stereocenters. The van der Waals surface area contributed by atoms with Crippen LogP contribution in [0.25, 0.3) is 6.08 Å². The molecule has 182 valence electrons. The fraction of sp³-hybridized carbons (Fsp3) is 0.138. The van der Waals surface area contributed by atoms with Crippen molar-refractivity contribution < 1.29 is 19.1 Å². The van der Waals surface area contributed by atoms with Gasteiger partial charge in [-0.3, -0.25) is 14.9 Å². The lowest BCUT2D eigenvalue weighted by Crippen LogP contribution is -2.54. The second-order valence-electron chi connectivity index (χ2n) is 8.25. The zero-order chi connectivity index (χ0) is 25.7. The van der Waals surface area contributed by atoms with Gasteiger partial charge in [0.1, 0.15) is 17.9 Å². The summed E-state index contributed by atoms with van der Waals surface area (Å²) in [6.07, 6.45) is 4.64. The third-order valence-electron chi connectivity index (χ3n) is 5.77. The van der Waals surface area contributed by atoms with Crippen molar-refractivity contribution in [2.24, 2.45) is 0 Å². The van der Waals surface area contributed by atoms with E-state index in [2.05, 4.69) is 34.5 Å². The summed E-state index contributed by atoms with van der Waals surface area (Å²) in [4.78, 5) is 39.2. The number of imide groups is 2. The Bertz CT molecular complexity index is 1340. The molecule has 36 heavy (non-hydrogen) atoms. The number of hydrogen-bond donors (Lipinski definition) is 1. The topological polar surface area (TPSA) is 75.7 Å². The van der Waals surface area contributed by atoms with Gasteiger partial charge in [0.05, 0.1) is 5.69 Å². The smallest absolute Gasteiger partial charge is 0.335 e. The molecule has 1 saturated heterocycles. The summed E-state index contributed by atoms with van der Waals surface area (Å²) in [5.74, 6) is -0.698. The van der Waals surface area contributed by atoms with E-state index in [9.17, 15) is 14.4 Å². The molecule has 4 rings (SSSR count). The Kier molecular flexibility index (Phi) is 8.00. The highest BCUT2D eigenvalue weighted by atomic mass is 127. The van der Waals surface area contributed by atoms with E-state index < -0.39 is 17.8 Å². The molecular formula is C29H25IN2O4. The van der Waals surface area contributed by atoms with Crippen LogP contribution in [0.3, 0.4) is 0 Å². The number of carbonyl (C=O) groups is 3. The maximum Gasteiger partial charge on any atom is 0.335 e. The number of barbiturate groups is 1. The number of benzene rings is 3. The van der Waals surface area contributed by atoms with Gasteiger partial charge in [-0.2, -0.15) is 0 Å². The van der Waals surface area contributed by atoms with Crippen LogP contribution in [0, 0.1) is 3.57 Å². The van der Waals surface area contributed by atoms with Crippen LogP contribution in [0.4, 0.5) is 10.5 Å². The van der Waals surface area contributed by atoms with E-state index in [1.54, 1.807) is 24.3 Å². The van der Waals surface area contributed by atoms with E-state index in [0.717, 1.165) is 31.6 Å². The average molecular weight is 592 g/mol. The number of aryl methyl sites for hydroxylation is 1. The molecule has 7 heteroatoms. The van der Waals surface area contributed by atoms with E-state index >= 15 is 0 Å². The zero-order valence-corrected chi connectivity index (χ0v) is 21.9. The number of carbonyl (C=O) groups excluding carboxylic acids is 3. The highest BCUT2D eigenvalue weighted by Crippen LogP contribution is 2.26. The van der Waals surface area contributed by atoms with Gasteiger partial charge in [0.25, 0.3) is 11.8 Å². The van der Waals surface area contributed by atoms with Crippen LogP contribution in [0.1, 0.15) is 29.2 Å². The molecule has 1 aliphatic rings. The fourth-order valence-corrected chi connectivity index (χ4v) is 4.19. The van der Waals surface area contributed by atoms with Gasteiger partial charge in [0, 0.05) is 3.57 Å². The van der Waals surface area contributed by atoms with Crippen molar-refractivity contribution in [2.45, 2.75) is 26.4 Å². The fourth-order valence-electron chi connectivity index (χ4n) is 3.83. The minimum absolute atomic E-state index is 0.119. The number of nitrogens with zero attached hydrogens (tertiary/aromatic N) is 1. The predicted octanol–water partition coefficient (Wildman–Crippen LogP) is 5.83. The maximum atomic E-state index is 13.2. The number of anilines is 1. The van der Waals surface area contributed by atoms with E-state index in [1.165, 1.54) is 6.08 Å². The summed E-state index contributed by atoms with van der Waals surface area (Å²) in [6, 6.07) is 19.9. The highest BCUT2D eigenvalue weighted by molar-refractivity contribution is 14.1. The molecule has 0 aliphatic carbocycles. The Morgan fingerprint density at radius 1 is 0.972 bits per heavy atom. The lowest BCUT2D eigenvalue weighted by atomic mass is 10.0. The Balaban J connectivity index is 1.60. The molecule has 0 aromatic heterocycles. The largest absolute Gasteiger partial charge is 0.489 e. The zero-order valence-electron chi connectivity index (χ0n) is 19.8. The van der Waals surface area contributed by atoms with Crippen LogP contribution in [0.5, 0.6) is 5.75 Å². The van der Waals surface area contributed by atoms with Crippen molar-refractivity contribution in [1.29, 1.82) is 0 Å². The van der Waals surface area contributed by atoms with Gasteiger partial charge in [0.15, 0.2) is 0 Å². The third-order valence-corrected chi connectivity index (χ3v) is 6.49. The standard InChI is InChI=1S/C29H25IN2O4/c1-3-5-22-16-21(10-15-26(22)36-18-20-6-11-23(30)12-7-20)17-25-27(33)31-29(35)32(28(25)34)24-13-8-19(4-2)9-14-24/h3,6-17H,1,4-5,18H2,2H3,(H,31,33,35)/b25-17-. The molecule has 4 amide bonds. The summed E-state index contributed by atoms with van der Waals surface area (Å²) in [5, 5.41) is 2.27. The van der Waals surface area contributed by atoms with Crippen molar-refractivity contribution in [1.82, 2.24) is 5.32 Å². The van der Waals surface area contributed by atoms with Crippen LogP contribution in [0.15, 0.2) is 85.0 Å². The summed E-state index contributed by atoms with van der Waals surface area (Å²) in [7, 11) is 0. The second-order valence-corrected chi connectivity index (χ2v) is 9.50. The van der Waals surface area contributed by atoms with E-state index in [0.29, 0.717) is 30.0 Å². The molecule has 0 atom stereocenters. The number of urea groups is 1. The van der Waals surface area contributed by atoms with Crippen molar-refractivity contribution in [2.75, 3.05) is 4.90 Å². The first kappa shape index (κ1) is 25.4. The van der Waals surface area contributed by atoms with E-state index in [1.807, 2.05) is 55.5 Å². The maximum absolute atomic E-state index is 13.2. The third kappa shape index (κ3) is 5.73. The molecule has 0 radical (unpaired) electrons. The minimum atomic E-state index is -0.766. The van der Waals surface area contributed by atoms with Gasteiger partial charge in [-0.15, -0.1) is 6.58 Å². The van der Waals surface area contributed by atoms with Gasteiger partial charge in [-0.1, -0.05) is 43.3 Å². The molecule has 3 aromatic rings. The molecule has 1 heterocycles. The number of ether oxygens (including phenoxy) is 1. The van der Waals surface area contributed by atoms with Crippen LogP contribution in [-0.4, -0.2) is 17.8 Å². The van der Waals surface area contributed by atoms with Gasteiger partial charge in [0.2, 0.25) is 0 Å². The number of allylic oxidation sites excluding steroid dienone is 1. The first-order valence-electron chi connectivity index (χ1n) is 11.5. The SMILES string of the molecule is C=CCc1cc(/C=C2/C(=O)NC(=O)N(c3ccc(CC)cc3)C2=O)ccc1OCc1ccc(I)cc1. The lowest BCUT2D eigenvalue weighted by Gasteiger charge is -2.26. The number of hydrogen-bond acceptors (Lipinski definition) is 4. The highest BCUT2D eigenvalue weighted by Gasteiger charge is 2.36. The number of rotatable bonds is 8. The molecular weight excluding hydrogens is 567 g/mol. The summed E-state index contributed by atoms with van der Waals surface area (Å²) < 4.78 is 7.19. The Hall–Kier alpha value is -3.72. The second kappa shape index (κ2) is 11.3. The normalized spacial score (nSPS) is 14.7. The van der Waals surface area contributed by atoms with Crippen LogP contribution in [0.2, 0.25) is 0 Å². The Labute approximate surface area is 223 Å². The van der Waals surface area contributed by atoms with Crippen molar-refractivity contribution >= 4 is 52.2 Å². The Morgan fingerprint density at radius 3 is 2.33 bits per heavy atom. The quantitative estimate of drug-likeness (QED) is 0.155. The molecule has 0 saturated carbocycles. The van der Waals surface area contributed by atoms with Crippen molar-refractivity contribution in [3.8, 4) is 5.75 Å². The van der Waals surface area contributed by atoms with Crippen LogP contribution in [-0.2, 0) is 29.0 Å². The minimum Gasteiger partial charge on any atom is -0.489 e. The number of nitrogens with one attached hydrogen (secondary N) is 1. The molecule has 0 spiro atoms. The average Bonchev–Trinajstić information content (AvgIpc) is 2.87. The molecule has 0 bridgehead atoms. The van der Waals surface area contributed by atoms with Gasteiger partial charge < -0.3 is 4.74 Å². The predicted molar refractivity (Wildman–Crippen MR) is 149 cm³/mol. The van der Waals surface area contributed by atoms with Crippen LogP contribution >= 0.6 is 22.6 Å². The number of halogens is 1. The monoisotopic (exact) mass is 592 g/mol. The van der Waals surface area contributed by atoms with E-state index in [4.69, 9.17) is 4.74 Å². The number of amides is 4. The first-order valence-corrected chi connectivity index (χ1v) is 12.6. The van der Waals surface area contributed by atoms with Crippen molar-refractivity contribution in [3.63, 3.8) is 0 Å². The van der Waals surface area contributed by atoms with Gasteiger partial charge in [-0.05, 0) is 100 Å². The summed E-state index contributed by atoms with van der Waals surface area (Å²) >= 11 is 2.26. The summed E-state index contributed by atoms with van der Waals surface area (Å²) in [6.45, 7) is 6.26. The molecule has 1 aliphatic heterocycles. The summed E-state index contributed by atoms with van der Waals surface area (Å²) in [5.41, 5.74) is 3.92. The van der Waals surface area contributed by atoms with E-state index in [-0.39, 0.29) is 5.57 Å². The van der Waals surface area contributed by atoms with Crippen molar-refractivity contribution in [3.05, 3.63) is 111 Å². The molecule has 3 aromatic carbocycles. The lowest BCUT2D eigenvalue weighted by molar-refractivity contribution is -0.122. The Morgan fingerprint density at radius 2 is 1.67 bits per heavy atom.